The van der Waals surface area contributed by atoms with Crippen LogP contribution in [0.15, 0.2) is 48.7 Å². The van der Waals surface area contributed by atoms with E-state index < -0.39 is 0 Å². The van der Waals surface area contributed by atoms with E-state index in [4.69, 9.17) is 16.3 Å². The second-order valence-electron chi connectivity index (χ2n) is 9.69. The van der Waals surface area contributed by atoms with Gasteiger partial charge in [-0.3, -0.25) is 4.79 Å². The average molecular weight is 496 g/mol. The highest BCUT2D eigenvalue weighted by Crippen LogP contribution is 2.30. The number of benzene rings is 2. The van der Waals surface area contributed by atoms with Crippen molar-refractivity contribution in [3.8, 4) is 5.75 Å². The summed E-state index contributed by atoms with van der Waals surface area (Å²) in [6.07, 6.45) is 9.75. The van der Waals surface area contributed by atoms with Crippen LogP contribution in [0.4, 0.5) is 0 Å². The van der Waals surface area contributed by atoms with Gasteiger partial charge in [0.15, 0.2) is 0 Å². The lowest BCUT2D eigenvalue weighted by molar-refractivity contribution is 0.0952. The third kappa shape index (κ3) is 6.59. The fraction of sp³-hybridized carbons (Fsp3) is 0.483. The van der Waals surface area contributed by atoms with Crippen molar-refractivity contribution in [2.45, 2.75) is 58.5 Å². The molecule has 1 aromatic heterocycles. The summed E-state index contributed by atoms with van der Waals surface area (Å²) < 4.78 is 7.86. The Bertz CT molecular complexity index is 1120. The summed E-state index contributed by atoms with van der Waals surface area (Å²) in [6.45, 7) is 7.08. The van der Waals surface area contributed by atoms with Crippen LogP contribution in [-0.2, 0) is 13.1 Å². The van der Waals surface area contributed by atoms with Crippen molar-refractivity contribution in [1.82, 2.24) is 14.8 Å². The number of aryl methyl sites for hydroxylation is 1. The number of carbonyl (C=O) groups is 1. The number of amides is 1. The summed E-state index contributed by atoms with van der Waals surface area (Å²) in [5, 5.41) is 4.64. The molecular weight excluding hydrogens is 458 g/mol. The van der Waals surface area contributed by atoms with Crippen molar-refractivity contribution < 1.29 is 9.53 Å². The largest absolute Gasteiger partial charge is 0.495 e. The Morgan fingerprint density at radius 1 is 1.11 bits per heavy atom. The topological polar surface area (TPSA) is 46.5 Å². The number of piperidine rings is 1. The molecule has 1 aliphatic heterocycles. The Kier molecular flexibility index (Phi) is 9.11. The first-order chi connectivity index (χ1) is 17.1. The quantitative estimate of drug-likeness (QED) is 0.329. The van der Waals surface area contributed by atoms with E-state index in [1.54, 1.807) is 7.11 Å². The minimum Gasteiger partial charge on any atom is -0.495 e. The van der Waals surface area contributed by atoms with E-state index in [1.165, 1.54) is 45.2 Å². The van der Waals surface area contributed by atoms with E-state index in [-0.39, 0.29) is 5.91 Å². The van der Waals surface area contributed by atoms with Gasteiger partial charge in [-0.05, 0) is 68.6 Å². The average Bonchev–Trinajstić information content (AvgIpc) is 3.26. The predicted octanol–water partition coefficient (Wildman–Crippen LogP) is 6.53. The van der Waals surface area contributed by atoms with Crippen molar-refractivity contribution in [2.24, 2.45) is 5.92 Å². The summed E-state index contributed by atoms with van der Waals surface area (Å²) in [6, 6.07) is 13.5. The Morgan fingerprint density at radius 2 is 1.91 bits per heavy atom. The van der Waals surface area contributed by atoms with E-state index in [1.807, 2.05) is 48.7 Å². The van der Waals surface area contributed by atoms with E-state index in [0.717, 1.165) is 47.6 Å². The molecule has 0 bridgehead atoms. The van der Waals surface area contributed by atoms with Crippen LogP contribution in [0.25, 0.3) is 10.9 Å². The van der Waals surface area contributed by atoms with Gasteiger partial charge in [-0.25, -0.2) is 0 Å². The maximum absolute atomic E-state index is 13.2. The van der Waals surface area contributed by atoms with Gasteiger partial charge in [0.05, 0.1) is 18.2 Å². The molecule has 1 aliphatic rings. The molecule has 1 amide bonds. The molecule has 1 fully saturated rings. The first-order valence-corrected chi connectivity index (χ1v) is 13.4. The second-order valence-corrected chi connectivity index (χ2v) is 10.1. The zero-order valence-electron chi connectivity index (χ0n) is 21.1. The highest BCUT2D eigenvalue weighted by atomic mass is 35.5. The van der Waals surface area contributed by atoms with Crippen molar-refractivity contribution in [1.29, 1.82) is 0 Å². The number of likely N-dealkylation sites (tertiary alicyclic amines) is 1. The number of hydrogen-bond donors (Lipinski definition) is 1. The van der Waals surface area contributed by atoms with E-state index in [9.17, 15) is 4.79 Å². The van der Waals surface area contributed by atoms with E-state index in [0.29, 0.717) is 17.1 Å². The number of rotatable bonds is 11. The third-order valence-electron chi connectivity index (χ3n) is 7.21. The number of nitrogens with zero attached hydrogens (tertiary/aromatic N) is 2. The minimum atomic E-state index is -0.0869. The molecule has 0 saturated carbocycles. The number of hydrogen-bond acceptors (Lipinski definition) is 3. The van der Waals surface area contributed by atoms with Gasteiger partial charge in [-0.15, -0.1) is 0 Å². The Morgan fingerprint density at radius 3 is 2.66 bits per heavy atom. The lowest BCUT2D eigenvalue weighted by atomic mass is 9.91. The number of para-hydroxylation sites is 1. The van der Waals surface area contributed by atoms with Crippen LogP contribution in [0.2, 0.25) is 5.02 Å². The molecule has 188 valence electrons. The molecule has 0 spiro atoms. The number of ether oxygens (including phenoxy) is 1. The molecule has 6 heteroatoms. The highest BCUT2D eigenvalue weighted by Gasteiger charge is 2.20. The molecule has 2 heterocycles. The maximum atomic E-state index is 13.2. The monoisotopic (exact) mass is 495 g/mol. The number of halogens is 1. The van der Waals surface area contributed by atoms with Crippen molar-refractivity contribution in [2.75, 3.05) is 26.7 Å². The molecule has 0 atom stereocenters. The molecule has 1 saturated heterocycles. The number of carbonyl (C=O) groups excluding carboxylic acids is 1. The third-order valence-corrected chi connectivity index (χ3v) is 7.45. The SMILES string of the molecule is CCCCC1CCN(CCCn2cc(C(=O)NCc3cccc(Cl)c3)c3cccc(OC)c32)CC1. The van der Waals surface area contributed by atoms with Gasteiger partial charge in [0.1, 0.15) is 5.75 Å². The van der Waals surface area contributed by atoms with Crippen LogP contribution < -0.4 is 10.1 Å². The van der Waals surface area contributed by atoms with Crippen LogP contribution in [0.1, 0.15) is 61.4 Å². The van der Waals surface area contributed by atoms with Gasteiger partial charge >= 0.3 is 0 Å². The smallest absolute Gasteiger partial charge is 0.253 e. The fourth-order valence-corrected chi connectivity index (χ4v) is 5.44. The number of fused-ring (bicyclic) bond motifs is 1. The second kappa shape index (κ2) is 12.5. The molecular formula is C29H38ClN3O2. The molecule has 0 unspecified atom stereocenters. The Labute approximate surface area is 214 Å². The van der Waals surface area contributed by atoms with Crippen LogP contribution in [-0.4, -0.2) is 42.1 Å². The molecule has 0 radical (unpaired) electrons. The van der Waals surface area contributed by atoms with Gasteiger partial charge in [-0.2, -0.15) is 0 Å². The molecule has 2 aromatic carbocycles. The number of nitrogens with one attached hydrogen (secondary N) is 1. The Balaban J connectivity index is 1.41. The van der Waals surface area contributed by atoms with E-state index >= 15 is 0 Å². The zero-order chi connectivity index (χ0) is 24.6. The normalized spacial score (nSPS) is 14.9. The molecule has 0 aliphatic carbocycles. The lowest BCUT2D eigenvalue weighted by Gasteiger charge is -2.32. The molecule has 3 aromatic rings. The minimum absolute atomic E-state index is 0.0869. The number of aromatic nitrogens is 1. The predicted molar refractivity (Wildman–Crippen MR) is 144 cm³/mol. The lowest BCUT2D eigenvalue weighted by Crippen LogP contribution is -2.34. The molecule has 35 heavy (non-hydrogen) atoms. The van der Waals surface area contributed by atoms with Crippen LogP contribution in [0, 0.1) is 5.92 Å². The van der Waals surface area contributed by atoms with Crippen LogP contribution >= 0.6 is 11.6 Å². The number of methoxy groups -OCH3 is 1. The van der Waals surface area contributed by atoms with Crippen molar-refractivity contribution in [3.05, 3.63) is 64.8 Å². The molecule has 5 nitrogen and oxygen atoms in total. The van der Waals surface area contributed by atoms with Gasteiger partial charge in [0.25, 0.3) is 5.91 Å². The van der Waals surface area contributed by atoms with Crippen LogP contribution in [0.3, 0.4) is 0 Å². The summed E-state index contributed by atoms with van der Waals surface area (Å²) in [5.74, 6) is 1.63. The number of unbranched alkanes of at least 4 members (excludes halogenated alkanes) is 1. The summed E-state index contributed by atoms with van der Waals surface area (Å²) >= 11 is 6.09. The van der Waals surface area contributed by atoms with Crippen LogP contribution in [0.5, 0.6) is 5.75 Å². The first-order valence-electron chi connectivity index (χ1n) is 13.0. The summed E-state index contributed by atoms with van der Waals surface area (Å²) in [5.41, 5.74) is 2.64. The Hall–Kier alpha value is -2.50. The first kappa shape index (κ1) is 25.6. The highest BCUT2D eigenvalue weighted by molar-refractivity contribution is 6.30. The van der Waals surface area contributed by atoms with Crippen molar-refractivity contribution in [3.63, 3.8) is 0 Å². The van der Waals surface area contributed by atoms with Crippen molar-refractivity contribution >= 4 is 28.4 Å². The molecule has 4 rings (SSSR count). The van der Waals surface area contributed by atoms with Gasteiger partial charge < -0.3 is 19.5 Å². The molecule has 1 N–H and O–H groups in total. The standard InChI is InChI=1S/C29H38ClN3O2/c1-3-4-8-22-13-17-32(18-14-22)15-7-16-33-21-26(25-11-6-12-27(35-2)28(25)33)29(34)31-20-23-9-5-10-24(30)19-23/h5-6,9-12,19,21-22H,3-4,7-8,13-18,20H2,1-2H3,(H,31,34). The summed E-state index contributed by atoms with van der Waals surface area (Å²) in [7, 11) is 1.69. The van der Waals surface area contributed by atoms with E-state index in [2.05, 4.69) is 21.7 Å². The fourth-order valence-electron chi connectivity index (χ4n) is 5.23. The maximum Gasteiger partial charge on any atom is 0.253 e. The zero-order valence-corrected chi connectivity index (χ0v) is 21.8. The van der Waals surface area contributed by atoms with Gasteiger partial charge in [-0.1, -0.05) is 62.1 Å². The van der Waals surface area contributed by atoms with Gasteiger partial charge in [0.2, 0.25) is 0 Å². The van der Waals surface area contributed by atoms with Gasteiger partial charge in [0, 0.05) is 29.7 Å². The summed E-state index contributed by atoms with van der Waals surface area (Å²) in [4.78, 5) is 15.8.